The van der Waals surface area contributed by atoms with Crippen molar-refractivity contribution in [3.05, 3.63) is 66.2 Å². The molecule has 0 bridgehead atoms. The Morgan fingerprint density at radius 2 is 1.52 bits per heavy atom. The quantitative estimate of drug-likeness (QED) is 0.741. The molecule has 1 N–H and O–H groups in total. The molecule has 0 aromatic heterocycles. The Bertz CT molecular complexity index is 717. The Balaban J connectivity index is 2.11. The number of hydrogen-bond donors (Lipinski definition) is 1. The van der Waals surface area contributed by atoms with Crippen LogP contribution in [0.25, 0.3) is 0 Å². The van der Waals surface area contributed by atoms with Crippen molar-refractivity contribution < 1.29 is 9.59 Å². The van der Waals surface area contributed by atoms with Gasteiger partial charge in [0.2, 0.25) is 11.8 Å². The number of para-hydroxylation sites is 1. The van der Waals surface area contributed by atoms with Crippen molar-refractivity contribution in [2.24, 2.45) is 0 Å². The molecule has 0 heterocycles. The van der Waals surface area contributed by atoms with Crippen molar-refractivity contribution in [1.82, 2.24) is 10.2 Å². The van der Waals surface area contributed by atoms with Crippen LogP contribution < -0.4 is 10.2 Å². The molecule has 2 aromatic rings. The number of carbonyl (C=O) groups excluding carboxylic acids is 2. The zero-order chi connectivity index (χ0) is 19.6. The minimum Gasteiger partial charge on any atom is -0.353 e. The molecule has 0 saturated carbocycles. The van der Waals surface area contributed by atoms with Crippen molar-refractivity contribution >= 4 is 17.5 Å². The summed E-state index contributed by atoms with van der Waals surface area (Å²) >= 11 is 0. The average molecular weight is 367 g/mol. The zero-order valence-corrected chi connectivity index (χ0v) is 16.4. The number of benzene rings is 2. The number of amides is 2. The monoisotopic (exact) mass is 367 g/mol. The topological polar surface area (TPSA) is 52.7 Å². The zero-order valence-electron chi connectivity index (χ0n) is 16.4. The highest BCUT2D eigenvalue weighted by Crippen LogP contribution is 2.17. The van der Waals surface area contributed by atoms with Gasteiger partial charge in [0.1, 0.15) is 0 Å². The van der Waals surface area contributed by atoms with Gasteiger partial charge in [-0.05, 0) is 38.1 Å². The van der Waals surface area contributed by atoms with E-state index in [4.69, 9.17) is 0 Å². The number of rotatable bonds is 9. The van der Waals surface area contributed by atoms with Crippen molar-refractivity contribution in [2.45, 2.75) is 33.4 Å². The van der Waals surface area contributed by atoms with Gasteiger partial charge in [-0.15, -0.1) is 0 Å². The molecule has 2 amide bonds. The molecule has 144 valence electrons. The molecule has 0 radical (unpaired) electrons. The fourth-order valence-corrected chi connectivity index (χ4v) is 2.82. The van der Waals surface area contributed by atoms with E-state index in [0.29, 0.717) is 13.1 Å². The highest BCUT2D eigenvalue weighted by molar-refractivity contribution is 5.95. The molecule has 0 aliphatic heterocycles. The van der Waals surface area contributed by atoms with Crippen LogP contribution in [0.5, 0.6) is 0 Å². The summed E-state index contributed by atoms with van der Waals surface area (Å²) in [5, 5.41) is 2.88. The van der Waals surface area contributed by atoms with Gasteiger partial charge in [0.25, 0.3) is 0 Å². The van der Waals surface area contributed by atoms with E-state index in [1.165, 1.54) is 0 Å². The van der Waals surface area contributed by atoms with Gasteiger partial charge in [-0.3, -0.25) is 14.5 Å². The molecule has 0 spiro atoms. The second kappa shape index (κ2) is 10.5. The Labute approximate surface area is 162 Å². The third kappa shape index (κ3) is 6.87. The van der Waals surface area contributed by atoms with Crippen LogP contribution in [-0.4, -0.2) is 42.4 Å². The Hall–Kier alpha value is -2.66. The fourth-order valence-electron chi connectivity index (χ4n) is 2.82. The van der Waals surface area contributed by atoms with Crippen molar-refractivity contribution in [3.63, 3.8) is 0 Å². The number of carbonyl (C=O) groups is 2. The van der Waals surface area contributed by atoms with E-state index in [-0.39, 0.29) is 30.9 Å². The smallest absolute Gasteiger partial charge is 0.241 e. The molecule has 0 aliphatic carbocycles. The summed E-state index contributed by atoms with van der Waals surface area (Å²) in [6.07, 6.45) is 0. The van der Waals surface area contributed by atoms with Crippen LogP contribution in [0, 0.1) is 0 Å². The van der Waals surface area contributed by atoms with Crippen LogP contribution in [0.4, 0.5) is 5.69 Å². The molecule has 0 fully saturated rings. The van der Waals surface area contributed by atoms with Crippen molar-refractivity contribution in [2.75, 3.05) is 24.5 Å². The predicted molar refractivity (Wildman–Crippen MR) is 109 cm³/mol. The Morgan fingerprint density at radius 1 is 0.926 bits per heavy atom. The van der Waals surface area contributed by atoms with Gasteiger partial charge in [0, 0.05) is 11.7 Å². The van der Waals surface area contributed by atoms with Crippen LogP contribution in [0.15, 0.2) is 60.7 Å². The fraction of sp³-hybridized carbons (Fsp3) is 0.364. The summed E-state index contributed by atoms with van der Waals surface area (Å²) < 4.78 is 0. The van der Waals surface area contributed by atoms with Gasteiger partial charge in [-0.2, -0.15) is 0 Å². The maximum atomic E-state index is 13.1. The number of anilines is 1. The molecule has 2 aromatic carbocycles. The number of likely N-dealkylation sites (N-methyl/N-ethyl adjacent to an activating group) is 1. The van der Waals surface area contributed by atoms with Gasteiger partial charge >= 0.3 is 0 Å². The highest BCUT2D eigenvalue weighted by Gasteiger charge is 2.20. The molecule has 0 atom stereocenters. The molecule has 0 saturated heterocycles. The van der Waals surface area contributed by atoms with Crippen LogP contribution in [0.3, 0.4) is 0 Å². The summed E-state index contributed by atoms with van der Waals surface area (Å²) in [7, 11) is 0. The minimum atomic E-state index is -0.0611. The molecule has 5 heteroatoms. The third-order valence-corrected chi connectivity index (χ3v) is 4.18. The SMILES string of the molecule is CCN(CC(=O)NC(C)C)CC(=O)N(Cc1ccccc1)c1ccccc1. The van der Waals surface area contributed by atoms with Gasteiger partial charge in [0.15, 0.2) is 0 Å². The van der Waals surface area contributed by atoms with E-state index < -0.39 is 0 Å². The predicted octanol–water partition coefficient (Wildman–Crippen LogP) is 3.07. The second-order valence-electron chi connectivity index (χ2n) is 6.83. The molecule has 5 nitrogen and oxygen atoms in total. The lowest BCUT2D eigenvalue weighted by Gasteiger charge is -2.27. The number of nitrogens with zero attached hydrogens (tertiary/aromatic N) is 2. The molecule has 2 rings (SSSR count). The first-order valence-corrected chi connectivity index (χ1v) is 9.40. The van der Waals surface area contributed by atoms with Crippen LogP contribution in [0.1, 0.15) is 26.3 Å². The maximum absolute atomic E-state index is 13.1. The van der Waals surface area contributed by atoms with Gasteiger partial charge in [0.05, 0.1) is 19.6 Å². The summed E-state index contributed by atoms with van der Waals surface area (Å²) in [5.74, 6) is -0.0850. The largest absolute Gasteiger partial charge is 0.353 e. The first kappa shape index (κ1) is 20.6. The number of hydrogen-bond acceptors (Lipinski definition) is 3. The Kier molecular flexibility index (Phi) is 8.01. The van der Waals surface area contributed by atoms with Crippen molar-refractivity contribution in [3.8, 4) is 0 Å². The normalized spacial score (nSPS) is 10.9. The summed E-state index contributed by atoms with van der Waals surface area (Å²) in [6, 6.07) is 19.7. The summed E-state index contributed by atoms with van der Waals surface area (Å²) in [4.78, 5) is 28.8. The summed E-state index contributed by atoms with van der Waals surface area (Å²) in [5.41, 5.74) is 1.92. The maximum Gasteiger partial charge on any atom is 0.241 e. The third-order valence-electron chi connectivity index (χ3n) is 4.18. The average Bonchev–Trinajstić information content (AvgIpc) is 2.66. The molecular formula is C22H29N3O2. The molecule has 0 aliphatic rings. The molecule has 0 unspecified atom stereocenters. The second-order valence-corrected chi connectivity index (χ2v) is 6.83. The standard InChI is InChI=1S/C22H29N3O2/c1-4-24(16-21(26)23-18(2)3)17-22(27)25(20-13-9-6-10-14-20)15-19-11-7-5-8-12-19/h5-14,18H,4,15-17H2,1-3H3,(H,23,26). The molecule has 27 heavy (non-hydrogen) atoms. The highest BCUT2D eigenvalue weighted by atomic mass is 16.2. The van der Waals surface area contributed by atoms with Gasteiger partial charge in [-0.1, -0.05) is 55.5 Å². The number of nitrogens with one attached hydrogen (secondary N) is 1. The van der Waals surface area contributed by atoms with Crippen molar-refractivity contribution in [1.29, 1.82) is 0 Å². The van der Waals surface area contributed by atoms with Crippen LogP contribution in [0.2, 0.25) is 0 Å². The summed E-state index contributed by atoms with van der Waals surface area (Å²) in [6.45, 7) is 7.36. The van der Waals surface area contributed by atoms with Gasteiger partial charge in [-0.25, -0.2) is 0 Å². The van der Waals surface area contributed by atoms with Gasteiger partial charge < -0.3 is 10.2 Å². The lowest BCUT2D eigenvalue weighted by molar-refractivity contribution is -0.124. The van der Waals surface area contributed by atoms with E-state index in [1.54, 1.807) is 4.90 Å². The first-order valence-electron chi connectivity index (χ1n) is 9.40. The van der Waals surface area contributed by atoms with E-state index in [0.717, 1.165) is 11.3 Å². The van der Waals surface area contributed by atoms with Crippen LogP contribution >= 0.6 is 0 Å². The van der Waals surface area contributed by atoms with E-state index in [2.05, 4.69) is 5.32 Å². The van der Waals surface area contributed by atoms with E-state index >= 15 is 0 Å². The lowest BCUT2D eigenvalue weighted by Crippen LogP contribution is -2.45. The minimum absolute atomic E-state index is 0.0238. The Morgan fingerprint density at radius 3 is 2.07 bits per heavy atom. The van der Waals surface area contributed by atoms with E-state index in [9.17, 15) is 9.59 Å². The molecular weight excluding hydrogens is 338 g/mol. The lowest BCUT2D eigenvalue weighted by atomic mass is 10.2. The van der Waals surface area contributed by atoms with Crippen LogP contribution in [-0.2, 0) is 16.1 Å². The van der Waals surface area contributed by atoms with E-state index in [1.807, 2.05) is 86.3 Å². The first-order chi connectivity index (χ1) is 13.0.